The van der Waals surface area contributed by atoms with Crippen LogP contribution in [0.25, 0.3) is 0 Å². The van der Waals surface area contributed by atoms with Crippen LogP contribution in [0.15, 0.2) is 16.9 Å². The lowest BCUT2D eigenvalue weighted by molar-refractivity contribution is 0.373. The van der Waals surface area contributed by atoms with E-state index in [0.717, 1.165) is 16.5 Å². The zero-order valence-electron chi connectivity index (χ0n) is 8.30. The SMILES string of the molecule is CCC1CSC(SCCC(F)=C(F)F)=N1. The fraction of sp³-hybridized carbons (Fsp3) is 0.667. The van der Waals surface area contributed by atoms with Crippen LogP contribution in [0.3, 0.4) is 0 Å². The molecule has 0 bridgehead atoms. The molecule has 86 valence electrons. The molecule has 1 unspecified atom stereocenters. The first-order valence-electron chi connectivity index (χ1n) is 4.66. The van der Waals surface area contributed by atoms with Crippen LogP contribution in [-0.4, -0.2) is 21.9 Å². The molecule has 0 amide bonds. The van der Waals surface area contributed by atoms with Crippen molar-refractivity contribution in [2.45, 2.75) is 25.8 Å². The van der Waals surface area contributed by atoms with Gasteiger partial charge in [-0.2, -0.15) is 8.78 Å². The van der Waals surface area contributed by atoms with E-state index in [-0.39, 0.29) is 6.42 Å². The highest BCUT2D eigenvalue weighted by Gasteiger charge is 2.16. The van der Waals surface area contributed by atoms with Crippen molar-refractivity contribution in [3.63, 3.8) is 0 Å². The molecule has 0 saturated carbocycles. The maximum Gasteiger partial charge on any atom is 0.301 e. The van der Waals surface area contributed by atoms with E-state index in [0.29, 0.717) is 11.8 Å². The first kappa shape index (κ1) is 13.0. The molecule has 0 radical (unpaired) electrons. The van der Waals surface area contributed by atoms with Gasteiger partial charge in [0.05, 0.1) is 6.04 Å². The third-order valence-corrected chi connectivity index (χ3v) is 4.28. The van der Waals surface area contributed by atoms with Crippen molar-refractivity contribution < 1.29 is 13.2 Å². The number of thioether (sulfide) groups is 2. The molecule has 0 aromatic heterocycles. The summed E-state index contributed by atoms with van der Waals surface area (Å²) in [5.41, 5.74) is 0. The van der Waals surface area contributed by atoms with E-state index in [4.69, 9.17) is 0 Å². The van der Waals surface area contributed by atoms with Crippen LogP contribution in [0.1, 0.15) is 19.8 Å². The summed E-state index contributed by atoms with van der Waals surface area (Å²) in [5.74, 6) is -0.0294. The summed E-state index contributed by atoms with van der Waals surface area (Å²) >= 11 is 2.98. The van der Waals surface area contributed by atoms with E-state index in [1.807, 2.05) is 0 Å². The number of halogens is 3. The molecule has 1 nitrogen and oxygen atoms in total. The fourth-order valence-corrected chi connectivity index (χ4v) is 3.34. The Hall–Kier alpha value is -0.100. The predicted octanol–water partition coefficient (Wildman–Crippen LogP) is 4.07. The lowest BCUT2D eigenvalue weighted by Crippen LogP contribution is -1.99. The Balaban J connectivity index is 2.24. The molecule has 1 heterocycles. The Labute approximate surface area is 95.6 Å². The van der Waals surface area contributed by atoms with Crippen LogP contribution >= 0.6 is 23.5 Å². The van der Waals surface area contributed by atoms with E-state index < -0.39 is 11.9 Å². The van der Waals surface area contributed by atoms with E-state index in [2.05, 4.69) is 11.9 Å². The minimum Gasteiger partial charge on any atom is -0.267 e. The predicted molar refractivity (Wildman–Crippen MR) is 61.4 cm³/mol. The standard InChI is InChI=1S/C9H12F3NS2/c1-2-6-5-15-9(13-6)14-4-3-7(10)8(11)12/h6H,2-5H2,1H3. The summed E-state index contributed by atoms with van der Waals surface area (Å²) in [5, 5.41) is 0. The van der Waals surface area contributed by atoms with Crippen LogP contribution < -0.4 is 0 Å². The molecule has 1 rings (SSSR count). The summed E-state index contributed by atoms with van der Waals surface area (Å²) < 4.78 is 36.7. The molecule has 1 atom stereocenters. The topological polar surface area (TPSA) is 12.4 Å². The van der Waals surface area contributed by atoms with E-state index in [1.54, 1.807) is 11.8 Å². The highest BCUT2D eigenvalue weighted by molar-refractivity contribution is 8.39. The van der Waals surface area contributed by atoms with Crippen molar-refractivity contribution in [1.29, 1.82) is 0 Å². The summed E-state index contributed by atoms with van der Waals surface area (Å²) in [7, 11) is 0. The molecule has 6 heteroatoms. The average molecular weight is 255 g/mol. The van der Waals surface area contributed by atoms with Gasteiger partial charge in [0.25, 0.3) is 0 Å². The van der Waals surface area contributed by atoms with Crippen LogP contribution in [0.4, 0.5) is 13.2 Å². The smallest absolute Gasteiger partial charge is 0.267 e. The van der Waals surface area contributed by atoms with Crippen molar-refractivity contribution in [2.24, 2.45) is 4.99 Å². The van der Waals surface area contributed by atoms with E-state index in [1.165, 1.54) is 11.8 Å². The zero-order chi connectivity index (χ0) is 11.3. The monoisotopic (exact) mass is 255 g/mol. The molecule has 0 N–H and O–H groups in total. The molecular formula is C9H12F3NS2. The Morgan fingerprint density at radius 1 is 1.53 bits per heavy atom. The number of nitrogens with zero attached hydrogens (tertiary/aromatic N) is 1. The number of aliphatic imine (C=N–C) groups is 1. The van der Waals surface area contributed by atoms with Crippen molar-refractivity contribution in [1.82, 2.24) is 0 Å². The van der Waals surface area contributed by atoms with Crippen LogP contribution in [0, 0.1) is 0 Å². The van der Waals surface area contributed by atoms with Crippen LogP contribution in [0.5, 0.6) is 0 Å². The summed E-state index contributed by atoms with van der Waals surface area (Å²) in [6, 6.07) is 0.343. The highest BCUT2D eigenvalue weighted by Crippen LogP contribution is 2.28. The third kappa shape index (κ3) is 4.51. The van der Waals surface area contributed by atoms with Crippen molar-refractivity contribution in [3.05, 3.63) is 11.9 Å². The maximum absolute atomic E-state index is 12.4. The molecule has 1 aliphatic rings. The van der Waals surface area contributed by atoms with E-state index in [9.17, 15) is 13.2 Å². The van der Waals surface area contributed by atoms with Gasteiger partial charge >= 0.3 is 6.08 Å². The average Bonchev–Trinajstić information content (AvgIpc) is 2.65. The van der Waals surface area contributed by atoms with Gasteiger partial charge in [-0.3, -0.25) is 4.99 Å². The second-order valence-electron chi connectivity index (χ2n) is 3.03. The number of hydrogen-bond acceptors (Lipinski definition) is 3. The first-order chi connectivity index (χ1) is 7.13. The lowest BCUT2D eigenvalue weighted by Gasteiger charge is -1.97. The molecule has 0 aromatic rings. The van der Waals surface area contributed by atoms with Gasteiger partial charge in [-0.15, -0.1) is 0 Å². The van der Waals surface area contributed by atoms with Gasteiger partial charge in [-0.1, -0.05) is 30.4 Å². The normalized spacial score (nSPS) is 20.3. The summed E-state index contributed by atoms with van der Waals surface area (Å²) in [6.07, 6.45) is -1.43. The Morgan fingerprint density at radius 3 is 2.80 bits per heavy atom. The van der Waals surface area contributed by atoms with Gasteiger partial charge in [0.2, 0.25) is 0 Å². The van der Waals surface area contributed by atoms with Gasteiger partial charge in [-0.05, 0) is 6.42 Å². The van der Waals surface area contributed by atoms with Gasteiger partial charge in [-0.25, -0.2) is 4.39 Å². The molecule has 15 heavy (non-hydrogen) atoms. The Bertz CT molecular complexity index is 275. The molecule has 0 saturated heterocycles. The van der Waals surface area contributed by atoms with Crippen molar-refractivity contribution in [3.8, 4) is 0 Å². The number of hydrogen-bond donors (Lipinski definition) is 0. The van der Waals surface area contributed by atoms with Crippen LogP contribution in [0.2, 0.25) is 0 Å². The summed E-state index contributed by atoms with van der Waals surface area (Å²) in [4.78, 5) is 4.36. The van der Waals surface area contributed by atoms with E-state index >= 15 is 0 Å². The van der Waals surface area contributed by atoms with Gasteiger partial charge in [0, 0.05) is 17.9 Å². The highest BCUT2D eigenvalue weighted by atomic mass is 32.2. The second kappa shape index (κ2) is 6.48. The Morgan fingerprint density at radius 2 is 2.27 bits per heavy atom. The second-order valence-corrected chi connectivity index (χ2v) is 5.38. The van der Waals surface area contributed by atoms with Gasteiger partial charge in [0.15, 0.2) is 5.83 Å². The van der Waals surface area contributed by atoms with Crippen molar-refractivity contribution >= 4 is 27.9 Å². The molecule has 0 fully saturated rings. The van der Waals surface area contributed by atoms with Crippen LogP contribution in [-0.2, 0) is 0 Å². The Kier molecular flexibility index (Phi) is 5.60. The first-order valence-corrected chi connectivity index (χ1v) is 6.63. The molecule has 1 aliphatic heterocycles. The zero-order valence-corrected chi connectivity index (χ0v) is 9.94. The third-order valence-electron chi connectivity index (χ3n) is 1.91. The largest absolute Gasteiger partial charge is 0.301 e. The molecule has 0 spiro atoms. The van der Waals surface area contributed by atoms with Gasteiger partial charge in [0.1, 0.15) is 4.38 Å². The minimum absolute atomic E-state index is 0.219. The summed E-state index contributed by atoms with van der Waals surface area (Å²) in [6.45, 7) is 2.06. The van der Waals surface area contributed by atoms with Crippen molar-refractivity contribution in [2.75, 3.05) is 11.5 Å². The number of allylic oxidation sites excluding steroid dienone is 1. The number of rotatable bonds is 4. The fourth-order valence-electron chi connectivity index (χ4n) is 1.00. The molecule has 0 aliphatic carbocycles. The maximum atomic E-state index is 12.4. The quantitative estimate of drug-likeness (QED) is 0.750. The lowest BCUT2D eigenvalue weighted by atomic mass is 10.3. The molecule has 0 aromatic carbocycles. The van der Waals surface area contributed by atoms with Gasteiger partial charge < -0.3 is 0 Å². The molecular weight excluding hydrogens is 243 g/mol. The minimum atomic E-state index is -2.21.